The lowest BCUT2D eigenvalue weighted by Gasteiger charge is -2.21. The van der Waals surface area contributed by atoms with Crippen LogP contribution in [0.5, 0.6) is 0 Å². The molecule has 0 saturated heterocycles. The molecule has 0 rings (SSSR count). The van der Waals surface area contributed by atoms with Crippen LogP contribution in [0.3, 0.4) is 0 Å². The number of hydrogen-bond donors (Lipinski definition) is 1. The summed E-state index contributed by atoms with van der Waals surface area (Å²) in [5.74, 6) is 2.39. The van der Waals surface area contributed by atoms with Gasteiger partial charge in [-0.2, -0.15) is 0 Å². The largest absolute Gasteiger partial charge is 0.320 e. The van der Waals surface area contributed by atoms with Crippen LogP contribution in [0.25, 0.3) is 0 Å². The van der Waals surface area contributed by atoms with Crippen LogP contribution in [0.15, 0.2) is 0 Å². The molecule has 0 unspecified atom stereocenters. The van der Waals surface area contributed by atoms with Crippen LogP contribution in [0.1, 0.15) is 13.8 Å². The van der Waals surface area contributed by atoms with E-state index in [9.17, 15) is 4.79 Å². The lowest BCUT2D eigenvalue weighted by molar-refractivity contribution is 0.217. The smallest absolute Gasteiger partial charge is 0.279 e. The lowest BCUT2D eigenvalue weighted by Crippen LogP contribution is -2.33. The highest BCUT2D eigenvalue weighted by Gasteiger charge is 2.10. The maximum absolute atomic E-state index is 10.7. The van der Waals surface area contributed by atoms with Crippen LogP contribution in [0.4, 0.5) is 4.79 Å². The van der Waals surface area contributed by atoms with Crippen LogP contribution >= 0.6 is 12.6 Å². The molecular formula is C7H11NOS. The van der Waals surface area contributed by atoms with Gasteiger partial charge >= 0.3 is 0 Å². The minimum absolute atomic E-state index is 0.126. The van der Waals surface area contributed by atoms with E-state index in [1.165, 1.54) is 4.90 Å². The van der Waals surface area contributed by atoms with E-state index in [4.69, 9.17) is 6.42 Å². The number of hydrogen-bond acceptors (Lipinski definition) is 1. The number of amides is 1. The van der Waals surface area contributed by atoms with Gasteiger partial charge in [0.2, 0.25) is 0 Å². The number of terminal acetylenes is 1. The predicted octanol–water partition coefficient (Wildman–Crippen LogP) is 1.38. The van der Waals surface area contributed by atoms with E-state index >= 15 is 0 Å². The van der Waals surface area contributed by atoms with E-state index in [1.807, 2.05) is 13.8 Å². The Kier molecular flexibility index (Phi) is 3.97. The molecule has 0 aromatic heterocycles. The Hall–Kier alpha value is -0.620. The Balaban J connectivity index is 4.01. The number of carbonyl (C=O) groups is 1. The fourth-order valence-corrected chi connectivity index (χ4v) is 0.871. The maximum atomic E-state index is 10.7. The van der Waals surface area contributed by atoms with Crippen molar-refractivity contribution in [2.45, 2.75) is 19.9 Å². The van der Waals surface area contributed by atoms with Gasteiger partial charge in [0.05, 0.1) is 6.54 Å². The van der Waals surface area contributed by atoms with Gasteiger partial charge in [-0.05, 0) is 13.8 Å². The van der Waals surface area contributed by atoms with E-state index in [1.54, 1.807) is 0 Å². The second-order valence-corrected chi connectivity index (χ2v) is 2.59. The molecule has 0 saturated carbocycles. The summed E-state index contributed by atoms with van der Waals surface area (Å²) < 4.78 is 0. The molecule has 0 spiro atoms. The van der Waals surface area contributed by atoms with Gasteiger partial charge in [-0.15, -0.1) is 6.42 Å². The first-order valence-electron chi connectivity index (χ1n) is 3.02. The number of rotatable bonds is 2. The second-order valence-electron chi connectivity index (χ2n) is 2.21. The summed E-state index contributed by atoms with van der Waals surface area (Å²) in [6.07, 6.45) is 5.03. The predicted molar refractivity (Wildman–Crippen MR) is 45.1 cm³/mol. The van der Waals surface area contributed by atoms with Crippen LogP contribution in [-0.2, 0) is 0 Å². The molecule has 56 valence electrons. The van der Waals surface area contributed by atoms with Crippen molar-refractivity contribution < 1.29 is 4.79 Å². The molecule has 0 bridgehead atoms. The summed E-state index contributed by atoms with van der Waals surface area (Å²) in [7, 11) is 0. The van der Waals surface area contributed by atoms with Gasteiger partial charge in [-0.3, -0.25) is 4.79 Å². The summed E-state index contributed by atoms with van der Waals surface area (Å²) in [5.41, 5.74) is 0. The first-order chi connectivity index (χ1) is 4.59. The summed E-state index contributed by atoms with van der Waals surface area (Å²) in [5, 5.41) is -0.270. The first kappa shape index (κ1) is 9.38. The van der Waals surface area contributed by atoms with E-state index in [0.717, 1.165) is 0 Å². The van der Waals surface area contributed by atoms with Crippen molar-refractivity contribution in [1.82, 2.24) is 4.90 Å². The third kappa shape index (κ3) is 2.79. The average molecular weight is 157 g/mol. The summed E-state index contributed by atoms with van der Waals surface area (Å²) in [4.78, 5) is 12.2. The van der Waals surface area contributed by atoms with Crippen LogP contribution in [0.2, 0.25) is 0 Å². The van der Waals surface area contributed by atoms with Crippen LogP contribution in [0, 0.1) is 12.3 Å². The van der Waals surface area contributed by atoms with E-state index in [-0.39, 0.29) is 11.3 Å². The van der Waals surface area contributed by atoms with E-state index in [0.29, 0.717) is 6.54 Å². The normalized spacial score (nSPS) is 9.10. The fourth-order valence-electron chi connectivity index (χ4n) is 0.569. The zero-order valence-electron chi connectivity index (χ0n) is 6.16. The topological polar surface area (TPSA) is 20.3 Å². The van der Waals surface area contributed by atoms with E-state index < -0.39 is 0 Å². The molecule has 0 aliphatic rings. The zero-order valence-corrected chi connectivity index (χ0v) is 7.06. The number of carbonyl (C=O) groups excluding carboxylic acids is 1. The minimum atomic E-state index is -0.270. The molecule has 0 aliphatic heterocycles. The lowest BCUT2D eigenvalue weighted by atomic mass is 10.3. The summed E-state index contributed by atoms with van der Waals surface area (Å²) >= 11 is 3.66. The number of thiol groups is 1. The van der Waals surface area contributed by atoms with Gasteiger partial charge in [0.1, 0.15) is 0 Å². The van der Waals surface area contributed by atoms with Gasteiger partial charge in [0.25, 0.3) is 5.24 Å². The van der Waals surface area contributed by atoms with E-state index in [2.05, 4.69) is 18.5 Å². The summed E-state index contributed by atoms with van der Waals surface area (Å²) in [6, 6.07) is 0.126. The molecule has 0 atom stereocenters. The van der Waals surface area contributed by atoms with Crippen molar-refractivity contribution in [3.05, 3.63) is 0 Å². The van der Waals surface area contributed by atoms with Crippen LogP contribution in [-0.4, -0.2) is 22.7 Å². The molecule has 0 heterocycles. The highest BCUT2D eigenvalue weighted by molar-refractivity contribution is 7.96. The maximum Gasteiger partial charge on any atom is 0.279 e. The van der Waals surface area contributed by atoms with Crippen molar-refractivity contribution in [2.24, 2.45) is 0 Å². The average Bonchev–Trinajstić information content (AvgIpc) is 1.81. The van der Waals surface area contributed by atoms with Gasteiger partial charge in [-0.1, -0.05) is 18.5 Å². The fraction of sp³-hybridized carbons (Fsp3) is 0.571. The Morgan fingerprint density at radius 1 is 1.80 bits per heavy atom. The van der Waals surface area contributed by atoms with Gasteiger partial charge in [0.15, 0.2) is 0 Å². The molecule has 0 radical (unpaired) electrons. The molecule has 1 amide bonds. The van der Waals surface area contributed by atoms with Gasteiger partial charge < -0.3 is 4.90 Å². The first-order valence-corrected chi connectivity index (χ1v) is 3.47. The highest BCUT2D eigenvalue weighted by Crippen LogP contribution is 2.00. The number of nitrogens with zero attached hydrogens (tertiary/aromatic N) is 1. The van der Waals surface area contributed by atoms with Crippen LogP contribution < -0.4 is 0 Å². The Bertz CT molecular complexity index is 159. The minimum Gasteiger partial charge on any atom is -0.320 e. The highest BCUT2D eigenvalue weighted by atomic mass is 32.1. The third-order valence-corrected chi connectivity index (χ3v) is 1.39. The quantitative estimate of drug-likeness (QED) is 0.474. The third-order valence-electron chi connectivity index (χ3n) is 1.13. The van der Waals surface area contributed by atoms with Crippen molar-refractivity contribution >= 4 is 17.9 Å². The Morgan fingerprint density at radius 2 is 2.30 bits per heavy atom. The van der Waals surface area contributed by atoms with Gasteiger partial charge in [0, 0.05) is 6.04 Å². The molecule has 3 heteroatoms. The summed E-state index contributed by atoms with van der Waals surface area (Å²) in [6.45, 7) is 4.12. The molecule has 0 fully saturated rings. The molecule has 10 heavy (non-hydrogen) atoms. The molecule has 0 aliphatic carbocycles. The SMILES string of the molecule is C#CCN(C(=O)S)C(C)C. The standard InChI is InChI=1S/C7H11NOS/c1-4-5-8(6(2)3)7(9)10/h1,6H,5H2,2-3H3,(H,9,10). The zero-order chi connectivity index (χ0) is 8.15. The molecule has 0 N–H and O–H groups in total. The monoisotopic (exact) mass is 157 g/mol. The van der Waals surface area contributed by atoms with Crippen molar-refractivity contribution in [3.8, 4) is 12.3 Å². The van der Waals surface area contributed by atoms with Crippen molar-refractivity contribution in [1.29, 1.82) is 0 Å². The second kappa shape index (κ2) is 4.24. The molecule has 0 aromatic rings. The Labute approximate surface area is 67.0 Å². The molecular weight excluding hydrogens is 146 g/mol. The van der Waals surface area contributed by atoms with Gasteiger partial charge in [-0.25, -0.2) is 0 Å². The molecule has 0 aromatic carbocycles. The Morgan fingerprint density at radius 3 is 2.40 bits per heavy atom. The molecule has 2 nitrogen and oxygen atoms in total. The van der Waals surface area contributed by atoms with Crippen molar-refractivity contribution in [2.75, 3.05) is 6.54 Å². The van der Waals surface area contributed by atoms with Crippen molar-refractivity contribution in [3.63, 3.8) is 0 Å².